The molecule has 12 N–H and O–H groups in total. The van der Waals surface area contributed by atoms with Gasteiger partial charge >= 0.3 is 0 Å². The maximum absolute atomic E-state index is 13.2. The Labute approximate surface area is 408 Å². The molecule has 0 spiro atoms. The van der Waals surface area contributed by atoms with Crippen molar-refractivity contribution in [3.05, 3.63) is 48.6 Å². The molecule has 19 nitrogen and oxygen atoms in total. The Kier molecular flexibility index (Phi) is 31.0. The maximum atomic E-state index is 13.2. The molecule has 0 bridgehead atoms. The fourth-order valence-corrected chi connectivity index (χ4v) is 8.30. The van der Waals surface area contributed by atoms with Crippen molar-refractivity contribution in [3.8, 4) is 0 Å². The summed E-state index contributed by atoms with van der Waals surface area (Å²) in [5.41, 5.74) is 0. The molecule has 1 amide bonds. The van der Waals surface area contributed by atoms with Crippen LogP contribution in [0.3, 0.4) is 0 Å². The average molecular weight is 990 g/mol. The molecule has 0 saturated carbocycles. The van der Waals surface area contributed by atoms with E-state index in [1.165, 1.54) is 25.7 Å². The van der Waals surface area contributed by atoms with Crippen molar-refractivity contribution in [2.24, 2.45) is 0 Å². The Hall–Kier alpha value is -2.25. The Balaban J connectivity index is 1.58. The predicted molar refractivity (Wildman–Crippen MR) is 254 cm³/mol. The van der Waals surface area contributed by atoms with Gasteiger partial charge in [-0.2, -0.15) is 0 Å². The Morgan fingerprint density at radius 1 is 0.522 bits per heavy atom. The molecule has 17 atom stereocenters. The van der Waals surface area contributed by atoms with Crippen molar-refractivity contribution in [1.82, 2.24) is 5.32 Å². The first-order valence-electron chi connectivity index (χ1n) is 25.4. The van der Waals surface area contributed by atoms with Crippen molar-refractivity contribution >= 4 is 5.91 Å². The highest BCUT2D eigenvalue weighted by Crippen LogP contribution is 2.33. The van der Waals surface area contributed by atoms with Gasteiger partial charge in [-0.25, -0.2) is 0 Å². The molecule has 3 aliphatic heterocycles. The Morgan fingerprint density at radius 2 is 1.00 bits per heavy atom. The van der Waals surface area contributed by atoms with Crippen LogP contribution in [0.15, 0.2) is 48.6 Å². The van der Waals surface area contributed by atoms with Crippen LogP contribution in [0.25, 0.3) is 0 Å². The summed E-state index contributed by atoms with van der Waals surface area (Å²) in [5, 5.41) is 119. The molecule has 3 rings (SSSR count). The van der Waals surface area contributed by atoms with E-state index in [-0.39, 0.29) is 18.9 Å². The molecule has 69 heavy (non-hydrogen) atoms. The van der Waals surface area contributed by atoms with E-state index < -0.39 is 124 Å². The highest BCUT2D eigenvalue weighted by atomic mass is 16.8. The monoisotopic (exact) mass is 990 g/mol. The van der Waals surface area contributed by atoms with E-state index in [0.717, 1.165) is 70.6 Å². The summed E-state index contributed by atoms with van der Waals surface area (Å²) < 4.78 is 34.0. The Bertz CT molecular complexity index is 1460. The van der Waals surface area contributed by atoms with E-state index in [9.17, 15) is 61.0 Å². The van der Waals surface area contributed by atoms with Gasteiger partial charge in [-0.1, -0.05) is 114 Å². The minimum atomic E-state index is -1.98. The minimum absolute atomic E-state index is 0.217. The van der Waals surface area contributed by atoms with Gasteiger partial charge in [-0.3, -0.25) is 4.79 Å². The van der Waals surface area contributed by atoms with Crippen molar-refractivity contribution < 1.29 is 89.4 Å². The predicted octanol–water partition coefficient (Wildman–Crippen LogP) is 1.58. The fraction of sp³-hybridized carbons (Fsp3) is 0.820. The largest absolute Gasteiger partial charge is 0.394 e. The number of hydrogen-bond donors (Lipinski definition) is 12. The summed E-state index contributed by atoms with van der Waals surface area (Å²) in [6, 6.07) is -0.994. The quantitative estimate of drug-likeness (QED) is 0.0322. The second-order valence-electron chi connectivity index (χ2n) is 18.3. The lowest BCUT2D eigenvalue weighted by atomic mass is 9.96. The van der Waals surface area contributed by atoms with Gasteiger partial charge < -0.3 is 89.9 Å². The number of unbranched alkanes of at least 4 members (excludes halogenated alkanes) is 12. The minimum Gasteiger partial charge on any atom is -0.394 e. The molecule has 19 heteroatoms. The summed E-state index contributed by atoms with van der Waals surface area (Å²) in [4.78, 5) is 13.2. The van der Waals surface area contributed by atoms with Crippen LogP contribution in [0.5, 0.6) is 0 Å². The fourth-order valence-electron chi connectivity index (χ4n) is 8.30. The molecule has 3 saturated heterocycles. The standard InChI is InChI=1S/C50H87NO18/c1-3-5-7-9-11-13-15-16-18-20-22-24-26-28-38(56)51-33(34(55)27-25-23-21-19-17-14-12-10-8-6-4-2)32-64-48-44(62)41(59)46(36(30-53)66-48)69-50-45(63)42(60)47(37(31-54)67-50)68-49-43(61)40(58)39(57)35(29-52)65-49/h7,9,13,15,17,19,25,27,33-37,39-50,52-55,57-63H,3-6,8,10-12,14,16,18,20-24,26,28-32H2,1-2H3,(H,51,56)/b9-7-,15-13-,19-17+,27-25+. The highest BCUT2D eigenvalue weighted by Gasteiger charge is 2.53. The summed E-state index contributed by atoms with van der Waals surface area (Å²) in [7, 11) is 0. The van der Waals surface area contributed by atoms with Crippen LogP contribution in [0.1, 0.15) is 129 Å². The summed E-state index contributed by atoms with van der Waals surface area (Å²) in [5.74, 6) is -0.306. The van der Waals surface area contributed by atoms with E-state index in [1.54, 1.807) is 6.08 Å². The average Bonchev–Trinajstić information content (AvgIpc) is 3.34. The third kappa shape index (κ3) is 21.0. The molecule has 0 aliphatic carbocycles. The van der Waals surface area contributed by atoms with Crippen LogP contribution in [-0.2, 0) is 33.2 Å². The number of carbonyl (C=O) groups is 1. The van der Waals surface area contributed by atoms with E-state index in [0.29, 0.717) is 12.8 Å². The van der Waals surface area contributed by atoms with E-state index >= 15 is 0 Å². The van der Waals surface area contributed by atoms with Gasteiger partial charge in [0.1, 0.15) is 73.2 Å². The number of allylic oxidation sites excluding steroid dienone is 7. The first kappa shape index (κ1) is 61.1. The number of carbonyl (C=O) groups excluding carboxylic acids is 1. The van der Waals surface area contributed by atoms with Gasteiger partial charge in [0.2, 0.25) is 5.91 Å². The Morgan fingerprint density at radius 3 is 1.59 bits per heavy atom. The topological polar surface area (TPSA) is 307 Å². The van der Waals surface area contributed by atoms with E-state index in [1.807, 2.05) is 6.08 Å². The van der Waals surface area contributed by atoms with Crippen molar-refractivity contribution in [2.45, 2.75) is 234 Å². The molecule has 400 valence electrons. The molecular formula is C50H87NO18. The molecule has 0 aromatic rings. The molecule has 3 aliphatic rings. The first-order valence-corrected chi connectivity index (χ1v) is 25.4. The van der Waals surface area contributed by atoms with Crippen LogP contribution >= 0.6 is 0 Å². The van der Waals surface area contributed by atoms with E-state index in [2.05, 4.69) is 55.6 Å². The number of nitrogens with one attached hydrogen (secondary N) is 1. The number of hydrogen-bond acceptors (Lipinski definition) is 18. The SMILES string of the molecule is CCC/C=C\C/C=C\CCCCCCCC(=O)NC(COC1OC(CO)C(OC2OC(CO)C(OC3OC(CO)C(O)C(O)C3O)C(O)C2O)C(O)C1O)C(O)/C=C/CC/C=C/CCCCCCC. The zero-order valence-corrected chi connectivity index (χ0v) is 40.8. The second kappa shape index (κ2) is 35.0. The van der Waals surface area contributed by atoms with E-state index in [4.69, 9.17) is 28.4 Å². The molecular weight excluding hydrogens is 903 g/mol. The lowest BCUT2D eigenvalue weighted by molar-refractivity contribution is -0.379. The summed E-state index contributed by atoms with van der Waals surface area (Å²) >= 11 is 0. The molecule has 0 radical (unpaired) electrons. The number of ether oxygens (including phenoxy) is 6. The zero-order chi connectivity index (χ0) is 50.6. The lowest BCUT2D eigenvalue weighted by Gasteiger charge is -2.48. The van der Waals surface area contributed by atoms with Crippen molar-refractivity contribution in [1.29, 1.82) is 0 Å². The van der Waals surface area contributed by atoms with Crippen LogP contribution in [0, 0.1) is 0 Å². The summed E-state index contributed by atoms with van der Waals surface area (Å²) in [6.07, 6.45) is 6.99. The molecule has 3 heterocycles. The molecule has 0 aromatic carbocycles. The van der Waals surface area contributed by atoms with Gasteiger partial charge in [0.15, 0.2) is 18.9 Å². The maximum Gasteiger partial charge on any atom is 0.220 e. The third-order valence-electron chi connectivity index (χ3n) is 12.6. The van der Waals surface area contributed by atoms with Gasteiger partial charge in [-0.05, 0) is 57.8 Å². The van der Waals surface area contributed by atoms with Crippen molar-refractivity contribution in [2.75, 3.05) is 26.4 Å². The lowest BCUT2D eigenvalue weighted by Crippen LogP contribution is -2.66. The molecule has 3 fully saturated rings. The van der Waals surface area contributed by atoms with Crippen molar-refractivity contribution in [3.63, 3.8) is 0 Å². The van der Waals surface area contributed by atoms with Gasteiger partial charge in [-0.15, -0.1) is 0 Å². The van der Waals surface area contributed by atoms with Gasteiger partial charge in [0.05, 0.1) is 38.6 Å². The highest BCUT2D eigenvalue weighted by molar-refractivity contribution is 5.76. The van der Waals surface area contributed by atoms with Crippen LogP contribution < -0.4 is 5.32 Å². The zero-order valence-electron chi connectivity index (χ0n) is 40.8. The number of aliphatic hydroxyl groups is 11. The normalized spacial score (nSPS) is 33.3. The van der Waals surface area contributed by atoms with Gasteiger partial charge in [0.25, 0.3) is 0 Å². The van der Waals surface area contributed by atoms with Crippen LogP contribution in [0.4, 0.5) is 0 Å². The van der Waals surface area contributed by atoms with Gasteiger partial charge in [0, 0.05) is 6.42 Å². The number of amides is 1. The number of aliphatic hydroxyl groups excluding tert-OH is 11. The number of rotatable bonds is 34. The van der Waals surface area contributed by atoms with Crippen LogP contribution in [0.2, 0.25) is 0 Å². The smallest absolute Gasteiger partial charge is 0.220 e. The van der Waals surface area contributed by atoms with Crippen LogP contribution in [-0.4, -0.2) is 193 Å². The molecule has 0 aromatic heterocycles. The second-order valence-corrected chi connectivity index (χ2v) is 18.3. The third-order valence-corrected chi connectivity index (χ3v) is 12.6. The first-order chi connectivity index (χ1) is 33.3. The summed E-state index contributed by atoms with van der Waals surface area (Å²) in [6.45, 7) is 1.54. The molecule has 17 unspecified atom stereocenters.